The highest BCUT2D eigenvalue weighted by molar-refractivity contribution is 5.39. The summed E-state index contributed by atoms with van der Waals surface area (Å²) in [5.74, 6) is -0.437. The number of hydrogen-bond donors (Lipinski definition) is 6. The van der Waals surface area contributed by atoms with Crippen LogP contribution in [0.25, 0.3) is 0 Å². The van der Waals surface area contributed by atoms with Gasteiger partial charge in [0, 0.05) is 31.3 Å². The van der Waals surface area contributed by atoms with Crippen LogP contribution in [0.2, 0.25) is 0 Å². The molecule has 6 heteroatoms. The standard InChI is InChI=1S/C6H6O3.C5H15N3/c7-4-1-5(8)3-6(9)2-4;6-2-1-4-8-5-3-7/h1-3,7-9H;8H,1-7H2. The third-order valence-corrected chi connectivity index (χ3v) is 1.77. The molecule has 0 spiro atoms. The number of nitrogens with two attached hydrogens (primary N) is 2. The van der Waals surface area contributed by atoms with Gasteiger partial charge in [0.05, 0.1) is 0 Å². The molecule has 8 N–H and O–H groups in total. The predicted octanol–water partition coefficient (Wildman–Crippen LogP) is -0.313. The second kappa shape index (κ2) is 9.71. The van der Waals surface area contributed by atoms with E-state index in [4.69, 9.17) is 26.8 Å². The van der Waals surface area contributed by atoms with Crippen LogP contribution in [0, 0.1) is 0 Å². The lowest BCUT2D eigenvalue weighted by molar-refractivity contribution is 0.428. The predicted molar refractivity (Wildman–Crippen MR) is 67.0 cm³/mol. The first-order valence-corrected chi connectivity index (χ1v) is 5.43. The molecule has 0 aliphatic carbocycles. The molecular weight excluding hydrogens is 222 g/mol. The number of nitrogens with one attached hydrogen (secondary N) is 1. The van der Waals surface area contributed by atoms with Crippen LogP contribution in [-0.2, 0) is 0 Å². The van der Waals surface area contributed by atoms with Crippen LogP contribution < -0.4 is 16.8 Å². The van der Waals surface area contributed by atoms with E-state index in [1.54, 1.807) is 0 Å². The molecule has 0 aliphatic heterocycles. The smallest absolute Gasteiger partial charge is 0.122 e. The van der Waals surface area contributed by atoms with E-state index in [0.29, 0.717) is 6.54 Å². The van der Waals surface area contributed by atoms with E-state index >= 15 is 0 Å². The molecule has 0 radical (unpaired) electrons. The molecule has 0 heterocycles. The van der Waals surface area contributed by atoms with E-state index in [1.165, 1.54) is 0 Å². The van der Waals surface area contributed by atoms with Crippen LogP contribution in [0.1, 0.15) is 6.42 Å². The Morgan fingerprint density at radius 3 is 1.65 bits per heavy atom. The quantitative estimate of drug-likeness (QED) is 0.394. The van der Waals surface area contributed by atoms with Crippen molar-refractivity contribution >= 4 is 0 Å². The van der Waals surface area contributed by atoms with Crippen molar-refractivity contribution in [1.82, 2.24) is 5.32 Å². The van der Waals surface area contributed by atoms with Crippen LogP contribution in [0.3, 0.4) is 0 Å². The highest BCUT2D eigenvalue weighted by atomic mass is 16.3. The average molecular weight is 243 g/mol. The normalized spacial score (nSPS) is 9.53. The summed E-state index contributed by atoms with van der Waals surface area (Å²) in [6, 6.07) is 3.42. The van der Waals surface area contributed by atoms with Crippen molar-refractivity contribution < 1.29 is 15.3 Å². The monoisotopic (exact) mass is 243 g/mol. The van der Waals surface area contributed by atoms with E-state index in [-0.39, 0.29) is 17.2 Å². The molecular formula is C11H21N3O3. The molecule has 0 bridgehead atoms. The van der Waals surface area contributed by atoms with Gasteiger partial charge in [0.2, 0.25) is 0 Å². The fourth-order valence-corrected chi connectivity index (χ4v) is 1.03. The fraction of sp³-hybridized carbons (Fsp3) is 0.455. The minimum absolute atomic E-state index is 0.146. The number of aromatic hydroxyl groups is 3. The minimum Gasteiger partial charge on any atom is -0.508 e. The van der Waals surface area contributed by atoms with Gasteiger partial charge in [0.15, 0.2) is 0 Å². The van der Waals surface area contributed by atoms with Gasteiger partial charge in [-0.3, -0.25) is 0 Å². The lowest BCUT2D eigenvalue weighted by atomic mass is 10.3. The third kappa shape index (κ3) is 9.43. The zero-order valence-corrected chi connectivity index (χ0v) is 9.76. The van der Waals surface area contributed by atoms with E-state index in [1.807, 2.05) is 0 Å². The van der Waals surface area contributed by atoms with Gasteiger partial charge in [-0.1, -0.05) is 0 Å². The number of phenols is 3. The molecule has 0 saturated heterocycles. The van der Waals surface area contributed by atoms with Gasteiger partial charge >= 0.3 is 0 Å². The summed E-state index contributed by atoms with van der Waals surface area (Å²) < 4.78 is 0. The van der Waals surface area contributed by atoms with Gasteiger partial charge in [-0.05, 0) is 19.5 Å². The van der Waals surface area contributed by atoms with Crippen molar-refractivity contribution in [2.75, 3.05) is 26.2 Å². The fourth-order valence-electron chi connectivity index (χ4n) is 1.03. The largest absolute Gasteiger partial charge is 0.508 e. The topological polar surface area (TPSA) is 125 Å². The Balaban J connectivity index is 0.000000304. The molecule has 0 saturated carbocycles. The Bertz CT molecular complexity index is 252. The van der Waals surface area contributed by atoms with Gasteiger partial charge in [0.1, 0.15) is 17.2 Å². The Hall–Kier alpha value is -1.50. The van der Waals surface area contributed by atoms with Crippen molar-refractivity contribution in [3.8, 4) is 17.2 Å². The van der Waals surface area contributed by atoms with E-state index < -0.39 is 0 Å². The van der Waals surface area contributed by atoms with Crippen molar-refractivity contribution in [3.63, 3.8) is 0 Å². The molecule has 98 valence electrons. The molecule has 0 fully saturated rings. The Morgan fingerprint density at radius 1 is 0.824 bits per heavy atom. The SMILES string of the molecule is NCCCNCCN.Oc1cc(O)cc(O)c1. The molecule has 1 rings (SSSR count). The lowest BCUT2D eigenvalue weighted by Crippen LogP contribution is -2.24. The molecule has 0 atom stereocenters. The van der Waals surface area contributed by atoms with E-state index in [2.05, 4.69) is 5.32 Å². The molecule has 0 unspecified atom stereocenters. The van der Waals surface area contributed by atoms with Crippen molar-refractivity contribution in [2.45, 2.75) is 6.42 Å². The highest BCUT2D eigenvalue weighted by Crippen LogP contribution is 2.23. The third-order valence-electron chi connectivity index (χ3n) is 1.77. The maximum absolute atomic E-state index is 8.67. The van der Waals surface area contributed by atoms with Gasteiger partial charge in [-0.2, -0.15) is 0 Å². The van der Waals surface area contributed by atoms with Crippen molar-refractivity contribution in [2.24, 2.45) is 11.5 Å². The first-order chi connectivity index (χ1) is 8.10. The Kier molecular flexibility index (Phi) is 8.85. The zero-order valence-electron chi connectivity index (χ0n) is 9.76. The average Bonchev–Trinajstić information content (AvgIpc) is 2.23. The van der Waals surface area contributed by atoms with Gasteiger partial charge < -0.3 is 32.1 Å². The van der Waals surface area contributed by atoms with Gasteiger partial charge in [-0.25, -0.2) is 0 Å². The van der Waals surface area contributed by atoms with Crippen LogP contribution >= 0.6 is 0 Å². The van der Waals surface area contributed by atoms with Crippen molar-refractivity contribution in [3.05, 3.63) is 18.2 Å². The van der Waals surface area contributed by atoms with Crippen LogP contribution in [0.5, 0.6) is 17.2 Å². The van der Waals surface area contributed by atoms with Crippen LogP contribution in [0.4, 0.5) is 0 Å². The van der Waals surface area contributed by atoms with E-state index in [9.17, 15) is 0 Å². The summed E-state index contributed by atoms with van der Waals surface area (Å²) in [5.41, 5.74) is 10.5. The molecule has 0 amide bonds. The molecule has 1 aromatic rings. The maximum Gasteiger partial charge on any atom is 0.122 e. The van der Waals surface area contributed by atoms with Crippen LogP contribution in [-0.4, -0.2) is 41.5 Å². The summed E-state index contributed by atoms with van der Waals surface area (Å²) in [5, 5.41) is 29.2. The number of benzene rings is 1. The second-order valence-corrected chi connectivity index (χ2v) is 3.39. The molecule has 0 aromatic heterocycles. The summed E-state index contributed by atoms with van der Waals surface area (Å²) in [6.07, 6.45) is 1.04. The first-order valence-electron chi connectivity index (χ1n) is 5.43. The van der Waals surface area contributed by atoms with Crippen LogP contribution in [0.15, 0.2) is 18.2 Å². The summed E-state index contributed by atoms with van der Waals surface area (Å²) in [4.78, 5) is 0. The maximum atomic E-state index is 8.67. The number of hydrogen-bond acceptors (Lipinski definition) is 6. The number of phenolic OH excluding ortho intramolecular Hbond substituents is 3. The van der Waals surface area contributed by atoms with Gasteiger partial charge in [0.25, 0.3) is 0 Å². The number of rotatable bonds is 5. The van der Waals surface area contributed by atoms with Gasteiger partial charge in [-0.15, -0.1) is 0 Å². The second-order valence-electron chi connectivity index (χ2n) is 3.39. The molecule has 17 heavy (non-hydrogen) atoms. The molecule has 0 aliphatic rings. The highest BCUT2D eigenvalue weighted by Gasteiger charge is 1.94. The minimum atomic E-state index is -0.146. The Labute approximate surface area is 101 Å². The summed E-state index contributed by atoms with van der Waals surface area (Å²) >= 11 is 0. The zero-order chi connectivity index (χ0) is 13.1. The molecule has 6 nitrogen and oxygen atoms in total. The summed E-state index contributed by atoms with van der Waals surface area (Å²) in [7, 11) is 0. The molecule has 1 aromatic carbocycles. The Morgan fingerprint density at radius 2 is 1.29 bits per heavy atom. The first kappa shape index (κ1) is 15.5. The lowest BCUT2D eigenvalue weighted by Gasteiger charge is -1.98. The summed E-state index contributed by atoms with van der Waals surface area (Å²) in [6.45, 7) is 3.37. The van der Waals surface area contributed by atoms with E-state index in [0.717, 1.165) is 44.3 Å². The van der Waals surface area contributed by atoms with Crippen molar-refractivity contribution in [1.29, 1.82) is 0 Å².